The first-order valence-corrected chi connectivity index (χ1v) is 8.81. The zero-order valence-electron chi connectivity index (χ0n) is 14.3. The van der Waals surface area contributed by atoms with Gasteiger partial charge in [-0.1, -0.05) is 11.3 Å². The summed E-state index contributed by atoms with van der Waals surface area (Å²) in [6, 6.07) is 4.65. The Kier molecular flexibility index (Phi) is 7.11. The quantitative estimate of drug-likeness (QED) is 0.440. The molecule has 0 bridgehead atoms. The van der Waals surface area contributed by atoms with Gasteiger partial charge in [0, 0.05) is 11.8 Å². The number of nitro benzene ring substituents is 1. The van der Waals surface area contributed by atoms with E-state index in [0.717, 1.165) is 4.68 Å². The van der Waals surface area contributed by atoms with Crippen LogP contribution in [0.15, 0.2) is 24.4 Å². The fourth-order valence-electron chi connectivity index (χ4n) is 2.11. The van der Waals surface area contributed by atoms with Crippen molar-refractivity contribution in [1.82, 2.24) is 20.3 Å². The van der Waals surface area contributed by atoms with Crippen LogP contribution in [0.2, 0.25) is 0 Å². The van der Waals surface area contributed by atoms with Crippen molar-refractivity contribution >= 4 is 29.3 Å². The van der Waals surface area contributed by atoms with Gasteiger partial charge >= 0.3 is 11.7 Å². The maximum atomic E-state index is 11.9. The highest BCUT2D eigenvalue weighted by Crippen LogP contribution is 2.28. The van der Waals surface area contributed by atoms with E-state index in [1.165, 1.54) is 37.2 Å². The van der Waals surface area contributed by atoms with Gasteiger partial charge in [0.1, 0.15) is 12.2 Å². The average Bonchev–Trinajstić information content (AvgIpc) is 3.06. The van der Waals surface area contributed by atoms with Gasteiger partial charge in [-0.05, 0) is 11.6 Å². The lowest BCUT2D eigenvalue weighted by Gasteiger charge is -2.06. The molecule has 11 nitrogen and oxygen atoms in total. The summed E-state index contributed by atoms with van der Waals surface area (Å²) < 4.78 is 6.11. The van der Waals surface area contributed by atoms with Gasteiger partial charge in [0.05, 0.1) is 30.5 Å². The van der Waals surface area contributed by atoms with Crippen LogP contribution in [0.3, 0.4) is 0 Å². The highest BCUT2D eigenvalue weighted by Gasteiger charge is 2.15. The maximum Gasteiger partial charge on any atom is 0.325 e. The molecule has 0 aliphatic rings. The molecule has 2 N–H and O–H groups in total. The lowest BCUT2D eigenvalue weighted by Crippen LogP contribution is -2.24. The Balaban J connectivity index is 1.77. The number of aromatic nitrogens is 3. The van der Waals surface area contributed by atoms with Gasteiger partial charge < -0.3 is 15.2 Å². The number of hydrogen-bond donors (Lipinski definition) is 2. The maximum absolute atomic E-state index is 11.9. The summed E-state index contributed by atoms with van der Waals surface area (Å²) in [5.74, 6) is -0.514. The first-order valence-electron chi connectivity index (χ1n) is 7.65. The van der Waals surface area contributed by atoms with E-state index in [-0.39, 0.29) is 36.2 Å². The molecule has 0 saturated heterocycles. The number of carbonyl (C=O) groups excluding carboxylic acids is 1. The molecule has 0 fully saturated rings. The van der Waals surface area contributed by atoms with Gasteiger partial charge in [0.15, 0.2) is 5.75 Å². The number of carboxylic acids is 1. The van der Waals surface area contributed by atoms with Crippen molar-refractivity contribution in [2.45, 2.75) is 18.8 Å². The third-order valence-electron chi connectivity index (χ3n) is 3.29. The minimum atomic E-state index is -1.04. The van der Waals surface area contributed by atoms with Crippen molar-refractivity contribution in [3.8, 4) is 5.75 Å². The Morgan fingerprint density at radius 1 is 1.44 bits per heavy atom. The summed E-state index contributed by atoms with van der Waals surface area (Å²) >= 11 is 1.30. The summed E-state index contributed by atoms with van der Waals surface area (Å²) in [5, 5.41) is 29.7. The Labute approximate surface area is 157 Å². The van der Waals surface area contributed by atoms with Gasteiger partial charge in [-0.3, -0.25) is 19.7 Å². The number of benzene rings is 1. The number of amides is 1. The van der Waals surface area contributed by atoms with Crippen LogP contribution in [0.4, 0.5) is 5.69 Å². The van der Waals surface area contributed by atoms with E-state index in [1.54, 1.807) is 6.07 Å². The molecule has 0 saturated carbocycles. The van der Waals surface area contributed by atoms with Crippen LogP contribution in [-0.4, -0.2) is 49.8 Å². The van der Waals surface area contributed by atoms with Crippen LogP contribution in [0.5, 0.6) is 5.75 Å². The summed E-state index contributed by atoms with van der Waals surface area (Å²) in [6.07, 6.45) is 1.44. The zero-order chi connectivity index (χ0) is 19.8. The Morgan fingerprint density at radius 3 is 2.89 bits per heavy atom. The number of ether oxygens (including phenoxy) is 1. The van der Waals surface area contributed by atoms with Crippen LogP contribution in [0, 0.1) is 10.1 Å². The third kappa shape index (κ3) is 6.26. The Hall–Kier alpha value is -3.15. The molecule has 0 atom stereocenters. The van der Waals surface area contributed by atoms with E-state index < -0.39 is 10.9 Å². The standard InChI is InChI=1S/C15H17N5O6S/c1-26-13-3-2-10(4-12(13)20(24)25)8-27-9-14(21)16-5-11-6-19(18-17-11)7-15(22)23/h2-4,6H,5,7-9H2,1H3,(H,16,21)(H,22,23). The number of carbonyl (C=O) groups is 2. The smallest absolute Gasteiger partial charge is 0.325 e. The number of rotatable bonds is 10. The molecular weight excluding hydrogens is 378 g/mol. The lowest BCUT2D eigenvalue weighted by molar-refractivity contribution is -0.385. The van der Waals surface area contributed by atoms with E-state index in [0.29, 0.717) is 17.0 Å². The zero-order valence-corrected chi connectivity index (χ0v) is 15.1. The van der Waals surface area contributed by atoms with Crippen LogP contribution in [-0.2, 0) is 28.4 Å². The fourth-order valence-corrected chi connectivity index (χ4v) is 2.91. The Bertz CT molecular complexity index is 840. The second kappa shape index (κ2) is 9.52. The molecule has 0 unspecified atom stereocenters. The first kappa shape index (κ1) is 20.2. The molecule has 27 heavy (non-hydrogen) atoms. The topological polar surface area (TPSA) is 149 Å². The lowest BCUT2D eigenvalue weighted by atomic mass is 10.2. The number of aliphatic carboxylic acids is 1. The number of hydrogen-bond acceptors (Lipinski definition) is 8. The molecular formula is C15H17N5O6S. The fraction of sp³-hybridized carbons (Fsp3) is 0.333. The monoisotopic (exact) mass is 395 g/mol. The van der Waals surface area contributed by atoms with E-state index in [1.807, 2.05) is 0 Å². The summed E-state index contributed by atoms with van der Waals surface area (Å²) in [4.78, 5) is 32.9. The molecule has 144 valence electrons. The summed E-state index contributed by atoms with van der Waals surface area (Å²) in [5.41, 5.74) is 1.03. The molecule has 12 heteroatoms. The highest BCUT2D eigenvalue weighted by molar-refractivity contribution is 7.99. The molecule has 0 aliphatic heterocycles. The van der Waals surface area contributed by atoms with Crippen molar-refractivity contribution < 1.29 is 24.4 Å². The number of nitro groups is 1. The molecule has 1 aromatic carbocycles. The summed E-state index contributed by atoms with van der Waals surface area (Å²) in [7, 11) is 1.36. The third-order valence-corrected chi connectivity index (χ3v) is 4.30. The number of nitrogens with zero attached hydrogens (tertiary/aromatic N) is 4. The highest BCUT2D eigenvalue weighted by atomic mass is 32.2. The van der Waals surface area contributed by atoms with Crippen molar-refractivity contribution in [1.29, 1.82) is 0 Å². The van der Waals surface area contributed by atoms with Crippen LogP contribution < -0.4 is 10.1 Å². The molecule has 2 aromatic rings. The van der Waals surface area contributed by atoms with Gasteiger partial charge in [-0.15, -0.1) is 16.9 Å². The van der Waals surface area contributed by atoms with Crippen LogP contribution >= 0.6 is 11.8 Å². The number of carboxylic acid groups (broad SMARTS) is 1. The average molecular weight is 395 g/mol. The van der Waals surface area contributed by atoms with E-state index in [2.05, 4.69) is 15.6 Å². The van der Waals surface area contributed by atoms with Crippen molar-refractivity contribution in [3.05, 3.63) is 45.8 Å². The predicted octanol–water partition coefficient (Wildman–Crippen LogP) is 0.829. The van der Waals surface area contributed by atoms with Gasteiger partial charge in [0.25, 0.3) is 0 Å². The molecule has 0 spiro atoms. The van der Waals surface area contributed by atoms with Gasteiger partial charge in [-0.2, -0.15) is 0 Å². The van der Waals surface area contributed by atoms with E-state index >= 15 is 0 Å². The normalized spacial score (nSPS) is 10.4. The second-order valence-electron chi connectivity index (χ2n) is 5.33. The largest absolute Gasteiger partial charge is 0.490 e. The van der Waals surface area contributed by atoms with Gasteiger partial charge in [-0.25, -0.2) is 4.68 Å². The molecule has 2 rings (SSSR count). The molecule has 1 amide bonds. The number of thioether (sulfide) groups is 1. The van der Waals surface area contributed by atoms with Crippen molar-refractivity contribution in [2.75, 3.05) is 12.9 Å². The first-order chi connectivity index (χ1) is 12.9. The minimum absolute atomic E-state index is 0.121. The van der Waals surface area contributed by atoms with Gasteiger partial charge in [0.2, 0.25) is 5.91 Å². The van der Waals surface area contributed by atoms with Crippen molar-refractivity contribution in [2.24, 2.45) is 0 Å². The molecule has 1 heterocycles. The van der Waals surface area contributed by atoms with Crippen LogP contribution in [0.1, 0.15) is 11.3 Å². The number of nitrogens with one attached hydrogen (secondary N) is 1. The predicted molar refractivity (Wildman–Crippen MR) is 95.3 cm³/mol. The minimum Gasteiger partial charge on any atom is -0.490 e. The molecule has 0 radical (unpaired) electrons. The van der Waals surface area contributed by atoms with Crippen molar-refractivity contribution in [3.63, 3.8) is 0 Å². The second-order valence-corrected chi connectivity index (χ2v) is 6.32. The van der Waals surface area contributed by atoms with Crippen LogP contribution in [0.25, 0.3) is 0 Å². The SMILES string of the molecule is COc1ccc(CSCC(=O)NCc2cn(CC(=O)O)nn2)cc1[N+](=O)[O-]. The van der Waals surface area contributed by atoms with E-state index in [4.69, 9.17) is 9.84 Å². The van der Waals surface area contributed by atoms with E-state index in [9.17, 15) is 19.7 Å². The molecule has 1 aromatic heterocycles. The molecule has 0 aliphatic carbocycles. The Morgan fingerprint density at radius 2 is 2.22 bits per heavy atom. The number of methoxy groups -OCH3 is 1. The summed E-state index contributed by atoms with van der Waals surface area (Å²) in [6.45, 7) is -0.169.